The highest BCUT2D eigenvalue weighted by atomic mass is 35.5. The predicted molar refractivity (Wildman–Crippen MR) is 134 cm³/mol. The Balaban J connectivity index is 1.69. The molecule has 0 saturated carbocycles. The summed E-state index contributed by atoms with van der Waals surface area (Å²) in [6.07, 6.45) is 0.741. The number of Topliss-reactive ketones (excluding diaryl/α,β-unsaturated/α-hetero) is 1. The van der Waals surface area contributed by atoms with E-state index in [1.54, 1.807) is 54.6 Å². The Bertz CT molecular complexity index is 1360. The van der Waals surface area contributed by atoms with Crippen LogP contribution in [0.5, 0.6) is 11.5 Å². The van der Waals surface area contributed by atoms with Crippen molar-refractivity contribution in [1.82, 2.24) is 0 Å². The number of hydrogen-bond donors (Lipinski definition) is 1. The van der Waals surface area contributed by atoms with Crippen molar-refractivity contribution in [3.05, 3.63) is 94.0 Å². The number of nitrogens with zero attached hydrogens (tertiary/aromatic N) is 1. The number of fused-ring (bicyclic) bond motifs is 1. The Morgan fingerprint density at radius 1 is 1.11 bits per heavy atom. The van der Waals surface area contributed by atoms with E-state index in [1.165, 1.54) is 4.90 Å². The molecule has 3 aromatic rings. The number of carbonyl (C=O) groups is 2. The first kappa shape index (κ1) is 23.0. The van der Waals surface area contributed by atoms with Crippen LogP contribution in [0.2, 0.25) is 5.02 Å². The third-order valence-electron chi connectivity index (χ3n) is 6.19. The number of amides is 1. The molecule has 178 valence electrons. The van der Waals surface area contributed by atoms with Crippen LogP contribution >= 0.6 is 11.6 Å². The zero-order valence-corrected chi connectivity index (χ0v) is 20.1. The van der Waals surface area contributed by atoms with Crippen molar-refractivity contribution in [2.45, 2.75) is 32.4 Å². The second-order valence-corrected chi connectivity index (χ2v) is 9.05. The van der Waals surface area contributed by atoms with Crippen molar-refractivity contribution in [3.63, 3.8) is 0 Å². The summed E-state index contributed by atoms with van der Waals surface area (Å²) in [5.41, 5.74) is 2.50. The molecule has 0 spiro atoms. The number of ether oxygens (including phenoxy) is 2. The molecule has 0 aromatic heterocycles. The quantitative estimate of drug-likeness (QED) is 0.283. The molecule has 2 heterocycles. The van der Waals surface area contributed by atoms with Gasteiger partial charge in [-0.05, 0) is 73.5 Å². The minimum atomic E-state index is -0.864. The molecule has 7 heteroatoms. The summed E-state index contributed by atoms with van der Waals surface area (Å²) in [4.78, 5) is 28.1. The van der Waals surface area contributed by atoms with Crippen LogP contribution in [0.25, 0.3) is 5.76 Å². The molecule has 5 rings (SSSR count). The van der Waals surface area contributed by atoms with Crippen LogP contribution in [0.3, 0.4) is 0 Å². The molecule has 0 bridgehead atoms. The van der Waals surface area contributed by atoms with Crippen LogP contribution in [0, 0.1) is 0 Å². The van der Waals surface area contributed by atoms with E-state index >= 15 is 0 Å². The van der Waals surface area contributed by atoms with E-state index in [0.29, 0.717) is 40.6 Å². The topological polar surface area (TPSA) is 76.1 Å². The summed E-state index contributed by atoms with van der Waals surface area (Å²) >= 11 is 6.21. The van der Waals surface area contributed by atoms with E-state index in [1.807, 2.05) is 26.0 Å². The normalized spacial score (nSPS) is 20.6. The third kappa shape index (κ3) is 4.15. The number of halogens is 1. The molecule has 1 N–H and O–H groups in total. The summed E-state index contributed by atoms with van der Waals surface area (Å²) in [5.74, 6) is -0.375. The number of aliphatic hydroxyl groups excluding tert-OH is 1. The van der Waals surface area contributed by atoms with Gasteiger partial charge in [0.25, 0.3) is 11.7 Å². The van der Waals surface area contributed by atoms with Gasteiger partial charge in [-0.2, -0.15) is 0 Å². The number of aliphatic hydroxyl groups is 1. The highest BCUT2D eigenvalue weighted by Crippen LogP contribution is 2.44. The van der Waals surface area contributed by atoms with Gasteiger partial charge < -0.3 is 14.6 Å². The van der Waals surface area contributed by atoms with Crippen LogP contribution in [-0.2, 0) is 16.0 Å². The van der Waals surface area contributed by atoms with Gasteiger partial charge in [0, 0.05) is 22.7 Å². The lowest BCUT2D eigenvalue weighted by atomic mass is 9.94. The minimum absolute atomic E-state index is 0.00976. The van der Waals surface area contributed by atoms with Crippen molar-refractivity contribution in [2.24, 2.45) is 0 Å². The first-order valence-corrected chi connectivity index (χ1v) is 11.8. The van der Waals surface area contributed by atoms with Crippen molar-refractivity contribution in [1.29, 1.82) is 0 Å². The maximum Gasteiger partial charge on any atom is 0.300 e. The lowest BCUT2D eigenvalue weighted by Crippen LogP contribution is -2.29. The number of anilines is 1. The summed E-state index contributed by atoms with van der Waals surface area (Å²) in [5, 5.41) is 11.8. The zero-order chi connectivity index (χ0) is 24.7. The van der Waals surface area contributed by atoms with E-state index in [9.17, 15) is 14.7 Å². The number of hydrogen-bond acceptors (Lipinski definition) is 5. The van der Waals surface area contributed by atoms with Gasteiger partial charge in [-0.25, -0.2) is 0 Å². The summed E-state index contributed by atoms with van der Waals surface area (Å²) in [6.45, 7) is 4.32. The molecular weight excluding hydrogens is 466 g/mol. The number of ketones is 1. The van der Waals surface area contributed by atoms with E-state index in [0.717, 1.165) is 11.3 Å². The molecule has 1 fully saturated rings. The average molecular weight is 490 g/mol. The Kier molecular flexibility index (Phi) is 5.99. The number of rotatable bonds is 5. The first-order chi connectivity index (χ1) is 16.9. The van der Waals surface area contributed by atoms with Crippen molar-refractivity contribution in [2.75, 3.05) is 11.5 Å². The van der Waals surface area contributed by atoms with Gasteiger partial charge in [-0.15, -0.1) is 0 Å². The number of carbonyl (C=O) groups excluding carboxylic acids is 2. The molecule has 1 amide bonds. The molecule has 0 radical (unpaired) electrons. The van der Waals surface area contributed by atoms with Gasteiger partial charge in [0.1, 0.15) is 23.4 Å². The van der Waals surface area contributed by atoms with Crippen molar-refractivity contribution in [3.8, 4) is 11.5 Å². The SMILES string of the molecule is CCOc1cccc(C2/C(=C(/O)c3ccc4c(c3)CC(C)O4)C(=O)C(=O)N2c2cccc(Cl)c2)c1. The fourth-order valence-corrected chi connectivity index (χ4v) is 4.89. The average Bonchev–Trinajstić information content (AvgIpc) is 3.34. The van der Waals surface area contributed by atoms with Gasteiger partial charge >= 0.3 is 0 Å². The molecule has 2 unspecified atom stereocenters. The lowest BCUT2D eigenvalue weighted by molar-refractivity contribution is -0.132. The van der Waals surface area contributed by atoms with Crippen LogP contribution in [0.1, 0.15) is 36.6 Å². The van der Waals surface area contributed by atoms with Crippen LogP contribution in [0.15, 0.2) is 72.3 Å². The van der Waals surface area contributed by atoms with Crippen LogP contribution in [0.4, 0.5) is 5.69 Å². The molecule has 3 aromatic carbocycles. The molecule has 6 nitrogen and oxygen atoms in total. The molecular formula is C28H24ClNO5. The van der Waals surface area contributed by atoms with Gasteiger partial charge in [0.05, 0.1) is 18.2 Å². The maximum atomic E-state index is 13.4. The second-order valence-electron chi connectivity index (χ2n) is 8.61. The molecule has 1 saturated heterocycles. The Morgan fingerprint density at radius 2 is 1.91 bits per heavy atom. The molecule has 2 aliphatic heterocycles. The summed E-state index contributed by atoms with van der Waals surface area (Å²) in [7, 11) is 0. The maximum absolute atomic E-state index is 13.4. The highest BCUT2D eigenvalue weighted by molar-refractivity contribution is 6.51. The van der Waals surface area contributed by atoms with Gasteiger partial charge in [-0.3, -0.25) is 14.5 Å². The standard InChI is InChI=1S/C28H24ClNO5/c1-3-34-22-9-4-6-17(14-22)25-24(26(31)18-10-11-23-19(13-18)12-16(2)35-23)27(32)28(33)30(25)21-8-5-7-20(29)15-21/h4-11,13-16,25,31H,3,12H2,1-2H3/b26-24-. The Hall–Kier alpha value is -3.77. The Labute approximate surface area is 208 Å². The van der Waals surface area contributed by atoms with E-state index in [4.69, 9.17) is 21.1 Å². The lowest BCUT2D eigenvalue weighted by Gasteiger charge is -2.26. The number of benzene rings is 3. The van der Waals surface area contributed by atoms with Crippen molar-refractivity contribution < 1.29 is 24.2 Å². The highest BCUT2D eigenvalue weighted by Gasteiger charge is 2.47. The van der Waals surface area contributed by atoms with E-state index < -0.39 is 17.7 Å². The van der Waals surface area contributed by atoms with E-state index in [2.05, 4.69) is 0 Å². The van der Waals surface area contributed by atoms with E-state index in [-0.39, 0.29) is 17.4 Å². The van der Waals surface area contributed by atoms with Gasteiger partial charge in [-0.1, -0.05) is 29.8 Å². The minimum Gasteiger partial charge on any atom is -0.507 e. The molecule has 35 heavy (non-hydrogen) atoms. The fourth-order valence-electron chi connectivity index (χ4n) is 4.71. The predicted octanol–water partition coefficient (Wildman–Crippen LogP) is 5.69. The summed E-state index contributed by atoms with van der Waals surface area (Å²) < 4.78 is 11.4. The summed E-state index contributed by atoms with van der Waals surface area (Å²) in [6, 6.07) is 18.4. The van der Waals surface area contributed by atoms with Crippen LogP contribution < -0.4 is 14.4 Å². The molecule has 2 atom stereocenters. The molecule has 0 aliphatic carbocycles. The van der Waals surface area contributed by atoms with Gasteiger partial charge in [0.15, 0.2) is 0 Å². The molecule has 2 aliphatic rings. The monoisotopic (exact) mass is 489 g/mol. The Morgan fingerprint density at radius 3 is 2.69 bits per heavy atom. The van der Waals surface area contributed by atoms with Gasteiger partial charge in [0.2, 0.25) is 0 Å². The third-order valence-corrected chi connectivity index (χ3v) is 6.42. The van der Waals surface area contributed by atoms with Crippen LogP contribution in [-0.4, -0.2) is 29.5 Å². The first-order valence-electron chi connectivity index (χ1n) is 11.5. The second kappa shape index (κ2) is 9.12. The smallest absolute Gasteiger partial charge is 0.300 e. The zero-order valence-electron chi connectivity index (χ0n) is 19.3. The fraction of sp³-hybridized carbons (Fsp3) is 0.214. The van der Waals surface area contributed by atoms with Crippen molar-refractivity contribution >= 4 is 34.7 Å². The largest absolute Gasteiger partial charge is 0.507 e.